The molecule has 0 aromatic heterocycles. The lowest BCUT2D eigenvalue weighted by Crippen LogP contribution is -1.89. The largest absolute Gasteiger partial charge is 0.494 e. The van der Waals surface area contributed by atoms with E-state index in [0.29, 0.717) is 0 Å². The Morgan fingerprint density at radius 1 is 1.50 bits per heavy atom. The van der Waals surface area contributed by atoms with Gasteiger partial charge in [-0.3, -0.25) is 0 Å². The Bertz CT molecular complexity index is 291. The number of methoxy groups -OCH3 is 1. The van der Waals surface area contributed by atoms with Crippen LogP contribution in [0.1, 0.15) is 0 Å². The predicted molar refractivity (Wildman–Crippen MR) is 65.2 cm³/mol. The minimum absolute atomic E-state index is 0.964. The van der Waals surface area contributed by atoms with Crippen LogP contribution in [0.3, 0.4) is 0 Å². The lowest BCUT2D eigenvalue weighted by atomic mass is 10.3. The van der Waals surface area contributed by atoms with Gasteiger partial charge in [-0.05, 0) is 41.0 Å². The zero-order valence-electron chi connectivity index (χ0n) is 6.73. The molecule has 1 aromatic carbocycles. The van der Waals surface area contributed by atoms with E-state index in [1.165, 1.54) is 0 Å². The second-order valence-corrected chi connectivity index (χ2v) is 5.05. The Kier molecular flexibility index (Phi) is 4.19. The smallest absolute Gasteiger partial charge is 0.145 e. The second kappa shape index (κ2) is 4.72. The first-order chi connectivity index (χ1) is 5.69. The summed E-state index contributed by atoms with van der Waals surface area (Å²) in [7, 11) is 1.70. The predicted octanol–water partition coefficient (Wildman–Crippen LogP) is 3.78. The normalized spacial score (nSPS) is 10.0. The third kappa shape index (κ3) is 2.29. The van der Waals surface area contributed by atoms with Gasteiger partial charge >= 0.3 is 0 Å². The van der Waals surface area contributed by atoms with E-state index in [-0.39, 0.29) is 0 Å². The van der Waals surface area contributed by atoms with Crippen LogP contribution in [0, 0.1) is 3.57 Å². The first-order valence-electron chi connectivity index (χ1n) is 3.26. The number of hydrogen-bond acceptors (Lipinski definition) is 2. The summed E-state index contributed by atoms with van der Waals surface area (Å²) in [4.78, 5) is 1.16. The summed E-state index contributed by atoms with van der Waals surface area (Å²) in [6.07, 6.45) is 2.04. The molecule has 0 N–H and O–H groups in total. The fourth-order valence-corrected chi connectivity index (χ4v) is 3.58. The number of halogens is 2. The molecule has 0 aliphatic heterocycles. The van der Waals surface area contributed by atoms with E-state index < -0.39 is 0 Å². The van der Waals surface area contributed by atoms with Crippen molar-refractivity contribution < 1.29 is 4.74 Å². The Labute approximate surface area is 98.5 Å². The number of ether oxygens (including phenoxy) is 1. The van der Waals surface area contributed by atoms with Crippen LogP contribution >= 0.6 is 50.3 Å². The standard InChI is InChI=1S/C8H8BrIOS/c1-11-8-6(10)3-5(9)4-7(8)12-2/h3-4H,1-2H3. The summed E-state index contributed by atoms with van der Waals surface area (Å²) in [5.74, 6) is 0.964. The molecule has 0 aliphatic rings. The van der Waals surface area contributed by atoms with E-state index in [4.69, 9.17) is 4.74 Å². The van der Waals surface area contributed by atoms with Crippen LogP contribution < -0.4 is 4.74 Å². The summed E-state index contributed by atoms with van der Waals surface area (Å²) >= 11 is 7.40. The van der Waals surface area contributed by atoms with Crippen molar-refractivity contribution in [2.45, 2.75) is 4.90 Å². The molecule has 0 aliphatic carbocycles. The average molecular weight is 359 g/mol. The van der Waals surface area contributed by atoms with Gasteiger partial charge in [0.25, 0.3) is 0 Å². The van der Waals surface area contributed by atoms with Gasteiger partial charge in [-0.25, -0.2) is 0 Å². The Hall–Kier alpha value is 0.580. The molecule has 0 saturated heterocycles. The van der Waals surface area contributed by atoms with E-state index >= 15 is 0 Å². The number of hydrogen-bond donors (Lipinski definition) is 0. The van der Waals surface area contributed by atoms with Crippen molar-refractivity contribution in [3.8, 4) is 5.75 Å². The van der Waals surface area contributed by atoms with Crippen molar-refractivity contribution >= 4 is 50.3 Å². The third-order valence-corrected chi connectivity index (χ3v) is 3.40. The molecule has 0 amide bonds. The maximum atomic E-state index is 5.27. The van der Waals surface area contributed by atoms with Crippen molar-refractivity contribution in [3.05, 3.63) is 20.2 Å². The second-order valence-electron chi connectivity index (χ2n) is 2.12. The molecule has 66 valence electrons. The first kappa shape index (κ1) is 10.7. The Balaban J connectivity index is 3.24. The summed E-state index contributed by atoms with van der Waals surface area (Å²) < 4.78 is 7.50. The fraction of sp³-hybridized carbons (Fsp3) is 0.250. The van der Waals surface area contributed by atoms with E-state index in [1.54, 1.807) is 18.9 Å². The van der Waals surface area contributed by atoms with Crippen molar-refractivity contribution in [1.82, 2.24) is 0 Å². The van der Waals surface area contributed by atoms with E-state index in [0.717, 1.165) is 18.7 Å². The zero-order chi connectivity index (χ0) is 9.14. The van der Waals surface area contributed by atoms with Crippen LogP contribution in [0.2, 0.25) is 0 Å². The fourth-order valence-electron chi connectivity index (χ4n) is 0.886. The Morgan fingerprint density at radius 2 is 2.17 bits per heavy atom. The van der Waals surface area contributed by atoms with Crippen molar-refractivity contribution in [2.75, 3.05) is 13.4 Å². The molecular weight excluding hydrogens is 351 g/mol. The van der Waals surface area contributed by atoms with E-state index in [2.05, 4.69) is 44.6 Å². The summed E-state index contributed by atoms with van der Waals surface area (Å²) in [6.45, 7) is 0. The summed E-state index contributed by atoms with van der Waals surface area (Å²) in [5.41, 5.74) is 0. The highest BCUT2D eigenvalue weighted by molar-refractivity contribution is 14.1. The molecule has 4 heteroatoms. The van der Waals surface area contributed by atoms with Gasteiger partial charge in [0.05, 0.1) is 15.6 Å². The molecule has 1 aromatic rings. The molecule has 0 heterocycles. The molecule has 0 fully saturated rings. The number of benzene rings is 1. The molecule has 0 unspecified atom stereocenters. The van der Waals surface area contributed by atoms with Crippen LogP contribution in [-0.2, 0) is 0 Å². The quantitative estimate of drug-likeness (QED) is 0.587. The Morgan fingerprint density at radius 3 is 2.67 bits per heavy atom. The van der Waals surface area contributed by atoms with Crippen molar-refractivity contribution in [3.63, 3.8) is 0 Å². The zero-order valence-corrected chi connectivity index (χ0v) is 11.3. The van der Waals surface area contributed by atoms with Gasteiger partial charge < -0.3 is 4.74 Å². The van der Waals surface area contributed by atoms with Crippen LogP contribution in [-0.4, -0.2) is 13.4 Å². The number of thioether (sulfide) groups is 1. The maximum absolute atomic E-state index is 5.27. The van der Waals surface area contributed by atoms with Gasteiger partial charge in [-0.2, -0.15) is 0 Å². The molecule has 0 bridgehead atoms. The molecule has 1 rings (SSSR count). The lowest BCUT2D eigenvalue weighted by molar-refractivity contribution is 0.401. The molecule has 0 spiro atoms. The topological polar surface area (TPSA) is 9.23 Å². The first-order valence-corrected chi connectivity index (χ1v) is 6.35. The minimum Gasteiger partial charge on any atom is -0.494 e. The highest BCUT2D eigenvalue weighted by Gasteiger charge is 2.07. The molecule has 0 atom stereocenters. The van der Waals surface area contributed by atoms with Gasteiger partial charge in [0, 0.05) is 4.47 Å². The van der Waals surface area contributed by atoms with Gasteiger partial charge in [0.1, 0.15) is 5.75 Å². The SMILES string of the molecule is COc1c(I)cc(Br)cc1SC. The summed E-state index contributed by atoms with van der Waals surface area (Å²) in [6, 6.07) is 4.10. The number of rotatable bonds is 2. The van der Waals surface area contributed by atoms with Gasteiger partial charge in [0.15, 0.2) is 0 Å². The van der Waals surface area contributed by atoms with Gasteiger partial charge in [0.2, 0.25) is 0 Å². The summed E-state index contributed by atoms with van der Waals surface area (Å²) in [5, 5.41) is 0. The highest BCUT2D eigenvalue weighted by atomic mass is 127. The molecule has 1 nitrogen and oxygen atoms in total. The van der Waals surface area contributed by atoms with Crippen molar-refractivity contribution in [1.29, 1.82) is 0 Å². The molecular formula is C8H8BrIOS. The monoisotopic (exact) mass is 358 g/mol. The molecule has 0 radical (unpaired) electrons. The van der Waals surface area contributed by atoms with Crippen LogP contribution in [0.25, 0.3) is 0 Å². The van der Waals surface area contributed by atoms with Gasteiger partial charge in [-0.1, -0.05) is 15.9 Å². The van der Waals surface area contributed by atoms with E-state index in [1.807, 2.05) is 12.3 Å². The molecule has 12 heavy (non-hydrogen) atoms. The lowest BCUT2D eigenvalue weighted by Gasteiger charge is -2.08. The van der Waals surface area contributed by atoms with Crippen LogP contribution in [0.4, 0.5) is 0 Å². The van der Waals surface area contributed by atoms with E-state index in [9.17, 15) is 0 Å². The van der Waals surface area contributed by atoms with Crippen molar-refractivity contribution in [2.24, 2.45) is 0 Å². The third-order valence-electron chi connectivity index (χ3n) is 1.40. The van der Waals surface area contributed by atoms with Gasteiger partial charge in [-0.15, -0.1) is 11.8 Å². The molecule has 0 saturated carbocycles. The average Bonchev–Trinajstić information content (AvgIpc) is 2.03. The van der Waals surface area contributed by atoms with Crippen LogP contribution in [0.5, 0.6) is 5.75 Å². The maximum Gasteiger partial charge on any atom is 0.145 e. The van der Waals surface area contributed by atoms with Crippen LogP contribution in [0.15, 0.2) is 21.5 Å². The minimum atomic E-state index is 0.964. The highest BCUT2D eigenvalue weighted by Crippen LogP contribution is 2.34.